The number of carbonyl (C=O) groups is 1. The first-order valence-corrected chi connectivity index (χ1v) is 10.4. The minimum absolute atomic E-state index is 0.0792. The summed E-state index contributed by atoms with van der Waals surface area (Å²) in [5, 5.41) is 2.75. The van der Waals surface area contributed by atoms with Gasteiger partial charge in [-0.1, -0.05) is 17.7 Å². The Hall–Kier alpha value is -3.95. The number of benzene rings is 1. The van der Waals surface area contributed by atoms with Gasteiger partial charge in [-0.15, -0.1) is 0 Å². The third-order valence-corrected chi connectivity index (χ3v) is 5.14. The minimum atomic E-state index is -4.50. The lowest BCUT2D eigenvalue weighted by Gasteiger charge is -2.28. The van der Waals surface area contributed by atoms with Crippen LogP contribution >= 0.6 is 0 Å². The molecule has 3 aromatic rings. The maximum absolute atomic E-state index is 14.1. The second-order valence-corrected chi connectivity index (χ2v) is 7.64. The molecular weight excluding hydrogens is 452 g/mol. The Labute approximate surface area is 192 Å². The predicted molar refractivity (Wildman–Crippen MR) is 118 cm³/mol. The zero-order valence-electron chi connectivity index (χ0n) is 17.8. The molecule has 10 heteroatoms. The molecule has 176 valence electrons. The van der Waals surface area contributed by atoms with E-state index in [-0.39, 0.29) is 17.7 Å². The number of nitrogens with one attached hydrogen (secondary N) is 1. The fourth-order valence-electron chi connectivity index (χ4n) is 3.46. The number of urea groups is 1. The van der Waals surface area contributed by atoms with Crippen molar-refractivity contribution in [1.29, 1.82) is 0 Å². The number of piperidine rings is 1. The van der Waals surface area contributed by atoms with Gasteiger partial charge < -0.3 is 9.64 Å². The van der Waals surface area contributed by atoms with Crippen molar-refractivity contribution < 1.29 is 27.1 Å². The molecule has 1 saturated heterocycles. The number of ether oxygens (including phenoxy) is 1. The van der Waals surface area contributed by atoms with Crippen LogP contribution < -0.4 is 10.1 Å². The zero-order chi connectivity index (χ0) is 24.1. The summed E-state index contributed by atoms with van der Waals surface area (Å²) in [6.45, 7) is 0.997. The Morgan fingerprint density at radius 2 is 1.85 bits per heavy atom. The third kappa shape index (κ3) is 6.09. The highest BCUT2D eigenvalue weighted by Gasteiger charge is 2.30. The first-order chi connectivity index (χ1) is 16.3. The third-order valence-electron chi connectivity index (χ3n) is 5.14. The lowest BCUT2D eigenvalue weighted by Crippen LogP contribution is -2.39. The molecule has 2 aromatic heterocycles. The van der Waals surface area contributed by atoms with E-state index in [0.29, 0.717) is 43.5 Å². The van der Waals surface area contributed by atoms with Crippen molar-refractivity contribution in [1.82, 2.24) is 14.9 Å². The van der Waals surface area contributed by atoms with E-state index in [0.717, 1.165) is 23.8 Å². The molecule has 1 fully saturated rings. The number of hydrogen-bond donors (Lipinski definition) is 1. The Morgan fingerprint density at radius 3 is 2.50 bits per heavy atom. The van der Waals surface area contributed by atoms with Crippen molar-refractivity contribution in [3.63, 3.8) is 0 Å². The maximum atomic E-state index is 14.1. The van der Waals surface area contributed by atoms with Crippen LogP contribution in [0, 0.1) is 5.82 Å². The van der Waals surface area contributed by atoms with Crippen LogP contribution in [0.15, 0.2) is 66.5 Å². The summed E-state index contributed by atoms with van der Waals surface area (Å²) in [5.74, 6) is -0.0391. The standard InChI is InChI=1S/C24H20F4N4O2/c25-19-12-17(13-20(14-19)34-22-5-4-18(15-30-22)24(26,27)28)11-16-6-9-32(10-7-16)23(33)31-21-3-1-2-8-29-21/h1-5,8,11-15H,6-7,9-10H2,(H,29,31,33). The first-order valence-electron chi connectivity index (χ1n) is 10.4. The Morgan fingerprint density at radius 1 is 1.06 bits per heavy atom. The van der Waals surface area contributed by atoms with Crippen molar-refractivity contribution in [2.75, 3.05) is 18.4 Å². The predicted octanol–water partition coefficient (Wildman–Crippen LogP) is 6.14. The number of nitrogens with zero attached hydrogens (tertiary/aromatic N) is 3. The van der Waals surface area contributed by atoms with E-state index in [4.69, 9.17) is 4.74 Å². The van der Waals surface area contributed by atoms with E-state index in [1.54, 1.807) is 35.4 Å². The molecule has 0 atom stereocenters. The van der Waals surface area contributed by atoms with Gasteiger partial charge in [-0.05, 0) is 48.7 Å². The van der Waals surface area contributed by atoms with E-state index in [2.05, 4.69) is 15.3 Å². The summed E-state index contributed by atoms with van der Waals surface area (Å²) < 4.78 is 57.6. The van der Waals surface area contributed by atoms with Crippen LogP contribution in [0.5, 0.6) is 11.6 Å². The summed E-state index contributed by atoms with van der Waals surface area (Å²) in [7, 11) is 0. The highest BCUT2D eigenvalue weighted by atomic mass is 19.4. The van der Waals surface area contributed by atoms with Gasteiger partial charge in [0.05, 0.1) is 5.56 Å². The van der Waals surface area contributed by atoms with E-state index in [1.807, 2.05) is 6.08 Å². The van der Waals surface area contributed by atoms with Gasteiger partial charge in [0.25, 0.3) is 0 Å². The molecular formula is C24H20F4N4O2. The van der Waals surface area contributed by atoms with Gasteiger partial charge >= 0.3 is 12.2 Å². The molecule has 0 spiro atoms. The summed E-state index contributed by atoms with van der Waals surface area (Å²) in [5.41, 5.74) is 0.680. The number of rotatable bonds is 4. The topological polar surface area (TPSA) is 67.4 Å². The second kappa shape index (κ2) is 9.90. The molecule has 2 amide bonds. The summed E-state index contributed by atoms with van der Waals surface area (Å²) in [4.78, 5) is 21.8. The number of likely N-dealkylation sites (tertiary alicyclic amines) is 1. The SMILES string of the molecule is O=C(Nc1ccccn1)N1CCC(=Cc2cc(F)cc(Oc3ccc(C(F)(F)F)cn3)c2)CC1. The molecule has 0 unspecified atom stereocenters. The van der Waals surface area contributed by atoms with Crippen molar-refractivity contribution in [2.45, 2.75) is 19.0 Å². The quantitative estimate of drug-likeness (QED) is 0.464. The van der Waals surface area contributed by atoms with E-state index in [9.17, 15) is 22.4 Å². The molecule has 4 rings (SSSR count). The van der Waals surface area contributed by atoms with E-state index < -0.39 is 17.6 Å². The van der Waals surface area contributed by atoms with Crippen molar-refractivity contribution in [3.8, 4) is 11.6 Å². The van der Waals surface area contributed by atoms with Gasteiger partial charge in [0.15, 0.2) is 0 Å². The van der Waals surface area contributed by atoms with Crippen molar-refractivity contribution in [2.24, 2.45) is 0 Å². The molecule has 1 aromatic carbocycles. The van der Waals surface area contributed by atoms with Crippen LogP contribution in [0.3, 0.4) is 0 Å². The number of aromatic nitrogens is 2. The van der Waals surface area contributed by atoms with Gasteiger partial charge in [-0.3, -0.25) is 5.32 Å². The second-order valence-electron chi connectivity index (χ2n) is 7.64. The summed E-state index contributed by atoms with van der Waals surface area (Å²) >= 11 is 0. The Bertz CT molecular complexity index is 1170. The van der Waals surface area contributed by atoms with Crippen LogP contribution in [0.25, 0.3) is 6.08 Å². The lowest BCUT2D eigenvalue weighted by molar-refractivity contribution is -0.137. The average molecular weight is 472 g/mol. The number of alkyl halides is 3. The fourth-order valence-corrected chi connectivity index (χ4v) is 3.46. The van der Waals surface area contributed by atoms with Crippen LogP contribution in [0.1, 0.15) is 24.0 Å². The fraction of sp³-hybridized carbons (Fsp3) is 0.208. The number of amides is 2. The number of pyridine rings is 2. The van der Waals surface area contributed by atoms with Gasteiger partial charge in [0.1, 0.15) is 17.4 Å². The van der Waals surface area contributed by atoms with Gasteiger partial charge in [-0.2, -0.15) is 13.2 Å². The van der Waals surface area contributed by atoms with Gasteiger partial charge in [-0.25, -0.2) is 19.2 Å². The molecule has 1 aliphatic rings. The van der Waals surface area contributed by atoms with Gasteiger partial charge in [0.2, 0.25) is 5.88 Å². The Balaban J connectivity index is 1.38. The molecule has 6 nitrogen and oxygen atoms in total. The molecule has 1 N–H and O–H groups in total. The molecule has 34 heavy (non-hydrogen) atoms. The van der Waals surface area contributed by atoms with Crippen LogP contribution in [-0.4, -0.2) is 34.0 Å². The number of halogens is 4. The monoisotopic (exact) mass is 472 g/mol. The minimum Gasteiger partial charge on any atom is -0.439 e. The normalized spacial score (nSPS) is 14.0. The van der Waals surface area contributed by atoms with Crippen LogP contribution in [0.2, 0.25) is 0 Å². The molecule has 3 heterocycles. The zero-order valence-corrected chi connectivity index (χ0v) is 17.8. The average Bonchev–Trinajstić information content (AvgIpc) is 2.79. The summed E-state index contributed by atoms with van der Waals surface area (Å²) in [6.07, 6.45) is 0.806. The number of anilines is 1. The number of hydrogen-bond acceptors (Lipinski definition) is 4. The van der Waals surface area contributed by atoms with Gasteiger partial charge in [0, 0.05) is 37.6 Å². The molecule has 0 bridgehead atoms. The number of carbonyl (C=O) groups excluding carboxylic acids is 1. The maximum Gasteiger partial charge on any atom is 0.417 e. The Kier molecular flexibility index (Phi) is 6.76. The van der Waals surface area contributed by atoms with E-state index in [1.165, 1.54) is 6.07 Å². The van der Waals surface area contributed by atoms with Crippen molar-refractivity contribution in [3.05, 3.63) is 83.4 Å². The van der Waals surface area contributed by atoms with Crippen LogP contribution in [-0.2, 0) is 6.18 Å². The molecule has 1 aliphatic heterocycles. The summed E-state index contributed by atoms with van der Waals surface area (Å²) in [6, 6.07) is 11.0. The van der Waals surface area contributed by atoms with Crippen molar-refractivity contribution >= 4 is 17.9 Å². The first kappa shape index (κ1) is 23.2. The lowest BCUT2D eigenvalue weighted by atomic mass is 10.0. The van der Waals surface area contributed by atoms with Crippen LogP contribution in [0.4, 0.5) is 28.2 Å². The molecule has 0 radical (unpaired) electrons. The largest absolute Gasteiger partial charge is 0.439 e. The molecule has 0 aliphatic carbocycles. The highest BCUT2D eigenvalue weighted by molar-refractivity contribution is 5.88. The molecule has 0 saturated carbocycles. The highest BCUT2D eigenvalue weighted by Crippen LogP contribution is 2.31. The smallest absolute Gasteiger partial charge is 0.417 e. The van der Waals surface area contributed by atoms with E-state index >= 15 is 0 Å².